The predicted molar refractivity (Wildman–Crippen MR) is 70.8 cm³/mol. The molecule has 0 amide bonds. The Hall–Kier alpha value is -0.900. The van der Waals surface area contributed by atoms with E-state index in [2.05, 4.69) is 4.52 Å². The van der Waals surface area contributed by atoms with E-state index in [1.807, 2.05) is 0 Å². The van der Waals surface area contributed by atoms with Gasteiger partial charge in [0.25, 0.3) is 5.69 Å². The van der Waals surface area contributed by atoms with Gasteiger partial charge in [-0.05, 0) is 27.4 Å². The highest BCUT2D eigenvalue weighted by molar-refractivity contribution is 8.53. The van der Waals surface area contributed by atoms with E-state index in [1.165, 1.54) is 0 Å². The van der Waals surface area contributed by atoms with Crippen LogP contribution in [0, 0.1) is 20.2 Å². The van der Waals surface area contributed by atoms with Crippen LogP contribution in [0.25, 0.3) is 0 Å². The number of benzene rings is 1. The van der Waals surface area contributed by atoms with Gasteiger partial charge in [-0.3, -0.25) is 20.2 Å². The predicted octanol–water partition coefficient (Wildman–Crippen LogP) is 2.47. The number of rotatable bonds is 4. The maximum absolute atomic E-state index is 10.7. The van der Waals surface area contributed by atoms with Gasteiger partial charge in [0.2, 0.25) is 5.75 Å². The summed E-state index contributed by atoms with van der Waals surface area (Å²) in [5, 5.41) is 21.2. The second-order valence-electron chi connectivity index (χ2n) is 2.94. The van der Waals surface area contributed by atoms with Crippen LogP contribution in [0.4, 0.5) is 11.4 Å². The molecular weight excluding hydrogens is 346 g/mol. The Bertz CT molecular complexity index is 599. The summed E-state index contributed by atoms with van der Waals surface area (Å²) in [5.74, 6) is -0.576. The zero-order valence-electron chi connectivity index (χ0n) is 8.67. The molecule has 0 aliphatic carbocycles. The topological polar surface area (TPSA) is 136 Å². The molecule has 0 spiro atoms. The summed E-state index contributed by atoms with van der Waals surface area (Å²) in [6, 6.07) is 2.39. The van der Waals surface area contributed by atoms with Gasteiger partial charge in [0.15, 0.2) is 0 Å². The van der Waals surface area contributed by atoms with Gasteiger partial charge >= 0.3 is 12.4 Å². The van der Waals surface area contributed by atoms with Gasteiger partial charge in [0, 0.05) is 6.07 Å². The third-order valence-electron chi connectivity index (χ3n) is 1.75. The van der Waals surface area contributed by atoms with Gasteiger partial charge < -0.3 is 14.3 Å². The van der Waals surface area contributed by atoms with Crippen LogP contribution in [0.5, 0.6) is 5.75 Å². The van der Waals surface area contributed by atoms with Crippen molar-refractivity contribution in [2.45, 2.75) is 0 Å². The van der Waals surface area contributed by atoms with Crippen LogP contribution >= 0.6 is 28.1 Å². The van der Waals surface area contributed by atoms with E-state index < -0.39 is 42.2 Å². The first kappa shape index (κ1) is 16.2. The maximum atomic E-state index is 10.7. The first-order chi connectivity index (χ1) is 8.65. The van der Waals surface area contributed by atoms with Crippen molar-refractivity contribution in [3.8, 4) is 5.75 Å². The Balaban J connectivity index is 3.34. The molecular formula is C6H5Cl2N2O7PS. The quantitative estimate of drug-likeness (QED) is 0.483. The SMILES string of the molecule is O=[N+]([O-])c1ccc(OP(O)(O)=S(Cl)Cl)c([N+](=O)[O-])c1. The summed E-state index contributed by atoms with van der Waals surface area (Å²) in [5.41, 5.74) is -1.35. The van der Waals surface area contributed by atoms with Gasteiger partial charge in [-0.15, -0.1) is 0 Å². The fourth-order valence-electron chi connectivity index (χ4n) is 0.995. The van der Waals surface area contributed by atoms with Crippen molar-refractivity contribution in [1.29, 1.82) is 0 Å². The van der Waals surface area contributed by atoms with Crippen molar-refractivity contribution in [1.82, 2.24) is 0 Å². The van der Waals surface area contributed by atoms with Gasteiger partial charge in [-0.2, -0.15) is 0 Å². The lowest BCUT2D eigenvalue weighted by Crippen LogP contribution is -1.99. The molecule has 0 atom stereocenters. The molecule has 0 aliphatic heterocycles. The minimum absolute atomic E-state index is 0.547. The lowest BCUT2D eigenvalue weighted by Gasteiger charge is -2.13. The molecule has 0 radical (unpaired) electrons. The monoisotopic (exact) mass is 350 g/mol. The molecule has 0 bridgehead atoms. The van der Waals surface area contributed by atoms with Crippen LogP contribution in [-0.4, -0.2) is 19.6 Å². The van der Waals surface area contributed by atoms with E-state index in [-0.39, 0.29) is 0 Å². The van der Waals surface area contributed by atoms with Crippen molar-refractivity contribution in [2.24, 2.45) is 0 Å². The van der Waals surface area contributed by atoms with E-state index in [9.17, 15) is 30.0 Å². The fraction of sp³-hybridized carbons (Fsp3) is 0. The van der Waals surface area contributed by atoms with Crippen LogP contribution < -0.4 is 4.52 Å². The normalized spacial score (nSPS) is 11.4. The van der Waals surface area contributed by atoms with E-state index >= 15 is 0 Å². The molecule has 13 heteroatoms. The highest BCUT2D eigenvalue weighted by atomic mass is 36.0. The summed E-state index contributed by atoms with van der Waals surface area (Å²) in [6.45, 7) is -4.26. The van der Waals surface area contributed by atoms with Crippen molar-refractivity contribution in [3.05, 3.63) is 38.4 Å². The van der Waals surface area contributed by atoms with Gasteiger partial charge in [0.1, 0.15) is 0 Å². The van der Waals surface area contributed by atoms with E-state index in [4.69, 9.17) is 21.4 Å². The van der Waals surface area contributed by atoms with Crippen molar-refractivity contribution in [2.75, 3.05) is 0 Å². The maximum Gasteiger partial charge on any atom is 0.361 e. The highest BCUT2D eigenvalue weighted by Gasteiger charge is 2.26. The van der Waals surface area contributed by atoms with E-state index in [0.717, 1.165) is 12.1 Å². The van der Waals surface area contributed by atoms with Crippen LogP contribution in [0.3, 0.4) is 0 Å². The molecule has 0 heterocycles. The number of nitro benzene ring substituents is 2. The largest absolute Gasteiger partial charge is 0.419 e. The van der Waals surface area contributed by atoms with Crippen molar-refractivity contribution < 1.29 is 24.2 Å². The Kier molecular flexibility index (Phi) is 5.13. The molecule has 0 saturated carbocycles. The number of hydrogen-bond donors (Lipinski definition) is 2. The van der Waals surface area contributed by atoms with Crippen LogP contribution in [-0.2, 0) is 8.50 Å². The summed E-state index contributed by atoms with van der Waals surface area (Å²) in [7, 11) is 8.57. The number of halogens is 2. The summed E-state index contributed by atoms with van der Waals surface area (Å²) in [6.07, 6.45) is 0. The molecule has 2 N–H and O–H groups in total. The van der Waals surface area contributed by atoms with Gasteiger partial charge in [0.05, 0.1) is 24.4 Å². The average molecular weight is 351 g/mol. The summed E-state index contributed by atoms with van der Waals surface area (Å²) in [4.78, 5) is 38.2. The molecule has 19 heavy (non-hydrogen) atoms. The summed E-state index contributed by atoms with van der Waals surface area (Å²) >= 11 is 0. The molecule has 106 valence electrons. The third kappa shape index (κ3) is 4.03. The third-order valence-corrected chi connectivity index (χ3v) is 7.08. The highest BCUT2D eigenvalue weighted by Crippen LogP contribution is 2.49. The molecule has 9 nitrogen and oxygen atoms in total. The molecule has 0 aromatic heterocycles. The molecule has 1 aromatic carbocycles. The number of non-ortho nitro benzene ring substituents is 1. The van der Waals surface area contributed by atoms with E-state index in [0.29, 0.717) is 6.07 Å². The second-order valence-corrected chi connectivity index (χ2v) is 10.6. The molecule has 0 aliphatic rings. The number of nitrogens with zero attached hydrogens (tertiary/aromatic N) is 2. The lowest BCUT2D eigenvalue weighted by molar-refractivity contribution is -0.394. The Labute approximate surface area is 116 Å². The zero-order valence-corrected chi connectivity index (χ0v) is 11.9. The Morgan fingerprint density at radius 3 is 2.21 bits per heavy atom. The van der Waals surface area contributed by atoms with E-state index in [1.54, 1.807) is 0 Å². The molecule has 1 rings (SSSR count). The number of nitro groups is 2. The first-order valence-corrected chi connectivity index (χ1v) is 9.29. The van der Waals surface area contributed by atoms with Gasteiger partial charge in [-0.1, -0.05) is 0 Å². The molecule has 1 aromatic rings. The van der Waals surface area contributed by atoms with Crippen LogP contribution in [0.2, 0.25) is 0 Å². The minimum Gasteiger partial charge on any atom is -0.419 e. The Morgan fingerprint density at radius 1 is 1.21 bits per heavy atom. The van der Waals surface area contributed by atoms with Crippen molar-refractivity contribution in [3.63, 3.8) is 0 Å². The second kappa shape index (κ2) is 6.04. The first-order valence-electron chi connectivity index (χ1n) is 4.19. The fourth-order valence-corrected chi connectivity index (χ4v) is 2.38. The summed E-state index contributed by atoms with van der Waals surface area (Å²) < 4.78 is 4.60. The molecule has 0 unspecified atom stereocenters. The lowest BCUT2D eigenvalue weighted by atomic mass is 10.2. The molecule has 0 saturated heterocycles. The minimum atomic E-state index is -4.26. The van der Waals surface area contributed by atoms with Crippen LogP contribution in [0.15, 0.2) is 18.2 Å². The van der Waals surface area contributed by atoms with Crippen molar-refractivity contribution >= 4 is 48.0 Å². The average Bonchev–Trinajstić information content (AvgIpc) is 2.28. The smallest absolute Gasteiger partial charge is 0.361 e. The zero-order chi connectivity index (χ0) is 14.8. The van der Waals surface area contributed by atoms with Gasteiger partial charge in [-0.25, -0.2) is 0 Å². The standard InChI is InChI=1S/C6H5Cl2N2O7PS/c7-19(8)18(15,16)17-6-2-1-4(9(11)12)3-5(6)10(13)14/h1-3,15-16H. The molecule has 0 fully saturated rings. The van der Waals surface area contributed by atoms with Crippen LogP contribution in [0.1, 0.15) is 0 Å². The Morgan fingerprint density at radius 2 is 1.79 bits per heavy atom. The number of hydrogen-bond acceptors (Lipinski definition) is 5.